The number of anilines is 1. The minimum atomic E-state index is -4.58. The van der Waals surface area contributed by atoms with Crippen LogP contribution in [0.25, 0.3) is 11.4 Å². The van der Waals surface area contributed by atoms with E-state index in [-0.39, 0.29) is 11.6 Å². The zero-order valence-electron chi connectivity index (χ0n) is 13.2. The van der Waals surface area contributed by atoms with Crippen molar-refractivity contribution in [3.63, 3.8) is 0 Å². The molecule has 4 nitrogen and oxygen atoms in total. The average molecular weight is 421 g/mol. The Bertz CT molecular complexity index is 910. The fraction of sp³-hybridized carbons (Fsp3) is 0.0556. The van der Waals surface area contributed by atoms with Crippen molar-refractivity contribution in [1.29, 1.82) is 0 Å². The van der Waals surface area contributed by atoms with Crippen LogP contribution in [0.2, 0.25) is 0 Å². The Morgan fingerprint density at radius 2 is 1.65 bits per heavy atom. The molecule has 0 saturated heterocycles. The number of nitrogens with zero attached hydrogens (tertiary/aromatic N) is 3. The fourth-order valence-corrected chi connectivity index (χ4v) is 2.35. The summed E-state index contributed by atoms with van der Waals surface area (Å²) in [6.45, 7) is 0. The highest BCUT2D eigenvalue weighted by molar-refractivity contribution is 9.10. The number of hydrogen-bond donors (Lipinski definition) is 1. The van der Waals surface area contributed by atoms with Gasteiger partial charge in [-0.2, -0.15) is 18.3 Å². The quantitative estimate of drug-likeness (QED) is 0.455. The lowest BCUT2D eigenvalue weighted by molar-refractivity contribution is -0.141. The number of alkyl halides is 3. The predicted molar refractivity (Wildman–Crippen MR) is 97.8 cm³/mol. The molecule has 1 heterocycles. The van der Waals surface area contributed by atoms with E-state index in [2.05, 4.69) is 36.4 Å². The Morgan fingerprint density at radius 3 is 2.31 bits per heavy atom. The smallest absolute Gasteiger partial charge is 0.261 e. The van der Waals surface area contributed by atoms with Crippen LogP contribution >= 0.6 is 15.9 Å². The summed E-state index contributed by atoms with van der Waals surface area (Å²) in [5.41, 5.74) is 2.77. The van der Waals surface area contributed by atoms with Gasteiger partial charge in [-0.15, -0.1) is 0 Å². The summed E-state index contributed by atoms with van der Waals surface area (Å²) in [6.07, 6.45) is -3.09. The summed E-state index contributed by atoms with van der Waals surface area (Å²) in [6, 6.07) is 16.6. The molecule has 0 saturated carbocycles. The van der Waals surface area contributed by atoms with Crippen LogP contribution in [-0.4, -0.2) is 16.2 Å². The molecule has 3 rings (SSSR count). The maximum absolute atomic E-state index is 13.1. The molecule has 0 spiro atoms. The first-order valence-electron chi connectivity index (χ1n) is 7.48. The Labute approximate surface area is 155 Å². The van der Waals surface area contributed by atoms with Crippen molar-refractivity contribution >= 4 is 28.0 Å². The predicted octanol–water partition coefficient (Wildman–Crippen LogP) is 5.37. The molecule has 0 fully saturated rings. The van der Waals surface area contributed by atoms with Crippen molar-refractivity contribution in [2.75, 3.05) is 5.43 Å². The van der Waals surface area contributed by atoms with Crippen molar-refractivity contribution in [3.8, 4) is 11.4 Å². The first-order valence-corrected chi connectivity index (χ1v) is 8.27. The largest absolute Gasteiger partial charge is 0.433 e. The van der Waals surface area contributed by atoms with Gasteiger partial charge in [-0.3, -0.25) is 5.43 Å². The second kappa shape index (κ2) is 7.65. The minimum Gasteiger partial charge on any atom is -0.261 e. The Kier molecular flexibility index (Phi) is 5.32. The van der Waals surface area contributed by atoms with E-state index >= 15 is 0 Å². The lowest BCUT2D eigenvalue weighted by Gasteiger charge is -2.10. The number of halogens is 4. The van der Waals surface area contributed by atoms with Gasteiger partial charge >= 0.3 is 6.18 Å². The third-order valence-electron chi connectivity index (χ3n) is 3.31. The highest BCUT2D eigenvalue weighted by Crippen LogP contribution is 2.30. The van der Waals surface area contributed by atoms with Crippen LogP contribution in [0.4, 0.5) is 19.0 Å². The molecule has 0 unspecified atom stereocenters. The van der Waals surface area contributed by atoms with Gasteiger partial charge in [0.2, 0.25) is 0 Å². The SMILES string of the molecule is FC(F)(F)c1cc(NN=Cc2ccc(Br)cc2)nc(-c2ccccc2)n1. The molecular formula is C18H12BrF3N4. The lowest BCUT2D eigenvalue weighted by atomic mass is 10.2. The van der Waals surface area contributed by atoms with Crippen LogP contribution in [0.5, 0.6) is 0 Å². The number of nitrogens with one attached hydrogen (secondary N) is 1. The van der Waals surface area contributed by atoms with E-state index in [4.69, 9.17) is 0 Å². The molecule has 8 heteroatoms. The second-order valence-corrected chi connectivity index (χ2v) is 6.16. The minimum absolute atomic E-state index is 0.0261. The van der Waals surface area contributed by atoms with Crippen molar-refractivity contribution in [2.45, 2.75) is 6.18 Å². The highest BCUT2D eigenvalue weighted by atomic mass is 79.9. The van der Waals surface area contributed by atoms with Gasteiger partial charge in [0, 0.05) is 16.1 Å². The summed E-state index contributed by atoms with van der Waals surface area (Å²) < 4.78 is 40.3. The summed E-state index contributed by atoms with van der Waals surface area (Å²) in [5.74, 6) is -0.0682. The van der Waals surface area contributed by atoms with Gasteiger partial charge in [0.05, 0.1) is 6.21 Å². The van der Waals surface area contributed by atoms with E-state index in [0.29, 0.717) is 5.56 Å². The summed E-state index contributed by atoms with van der Waals surface area (Å²) in [7, 11) is 0. The van der Waals surface area contributed by atoms with Crippen molar-refractivity contribution in [2.24, 2.45) is 5.10 Å². The molecule has 0 atom stereocenters. The van der Waals surface area contributed by atoms with Gasteiger partial charge in [-0.1, -0.05) is 58.4 Å². The van der Waals surface area contributed by atoms with Crippen molar-refractivity contribution < 1.29 is 13.2 Å². The zero-order chi connectivity index (χ0) is 18.6. The average Bonchev–Trinajstić information content (AvgIpc) is 2.63. The van der Waals surface area contributed by atoms with Crippen LogP contribution in [0.3, 0.4) is 0 Å². The van der Waals surface area contributed by atoms with Crippen LogP contribution in [-0.2, 0) is 6.18 Å². The number of hydrogen-bond acceptors (Lipinski definition) is 4. The number of aromatic nitrogens is 2. The Balaban J connectivity index is 1.89. The topological polar surface area (TPSA) is 50.2 Å². The molecule has 0 radical (unpaired) electrons. The van der Waals surface area contributed by atoms with E-state index in [9.17, 15) is 13.2 Å². The fourth-order valence-electron chi connectivity index (χ4n) is 2.09. The van der Waals surface area contributed by atoms with E-state index in [1.54, 1.807) is 30.3 Å². The van der Waals surface area contributed by atoms with E-state index in [0.717, 1.165) is 16.1 Å². The molecule has 132 valence electrons. The lowest BCUT2D eigenvalue weighted by Crippen LogP contribution is -2.11. The van der Waals surface area contributed by atoms with Gasteiger partial charge in [0.15, 0.2) is 17.3 Å². The van der Waals surface area contributed by atoms with E-state index < -0.39 is 11.9 Å². The molecule has 0 amide bonds. The third-order valence-corrected chi connectivity index (χ3v) is 3.84. The molecular weight excluding hydrogens is 409 g/mol. The first-order chi connectivity index (χ1) is 12.4. The van der Waals surface area contributed by atoms with Crippen LogP contribution in [0, 0.1) is 0 Å². The van der Waals surface area contributed by atoms with Crippen LogP contribution in [0.1, 0.15) is 11.3 Å². The van der Waals surface area contributed by atoms with Gasteiger partial charge in [0.1, 0.15) is 0 Å². The van der Waals surface area contributed by atoms with Crippen molar-refractivity contribution in [3.05, 3.63) is 76.4 Å². The molecule has 2 aromatic carbocycles. The molecule has 26 heavy (non-hydrogen) atoms. The zero-order valence-corrected chi connectivity index (χ0v) is 14.8. The molecule has 1 N–H and O–H groups in total. The van der Waals surface area contributed by atoms with Gasteiger partial charge < -0.3 is 0 Å². The number of rotatable bonds is 4. The summed E-state index contributed by atoms with van der Waals surface area (Å²) >= 11 is 3.32. The van der Waals surface area contributed by atoms with Crippen LogP contribution in [0.15, 0.2) is 70.2 Å². The highest BCUT2D eigenvalue weighted by Gasteiger charge is 2.33. The Morgan fingerprint density at radius 1 is 0.962 bits per heavy atom. The molecule has 0 aliphatic carbocycles. The summed E-state index contributed by atoms with van der Waals surface area (Å²) in [4.78, 5) is 7.74. The van der Waals surface area contributed by atoms with E-state index in [1.807, 2.05) is 24.3 Å². The van der Waals surface area contributed by atoms with Gasteiger partial charge in [-0.25, -0.2) is 9.97 Å². The number of hydrazone groups is 1. The van der Waals surface area contributed by atoms with Crippen LogP contribution < -0.4 is 5.43 Å². The number of benzene rings is 2. The third kappa shape index (κ3) is 4.66. The normalized spacial score (nSPS) is 11.7. The molecule has 3 aromatic rings. The summed E-state index contributed by atoms with van der Waals surface area (Å²) in [5, 5.41) is 3.95. The molecule has 0 aliphatic rings. The first kappa shape index (κ1) is 18.1. The van der Waals surface area contributed by atoms with Gasteiger partial charge in [-0.05, 0) is 17.7 Å². The molecule has 0 aliphatic heterocycles. The maximum atomic E-state index is 13.1. The van der Waals surface area contributed by atoms with Gasteiger partial charge in [0.25, 0.3) is 0 Å². The maximum Gasteiger partial charge on any atom is 0.433 e. The van der Waals surface area contributed by atoms with Crippen molar-refractivity contribution in [1.82, 2.24) is 9.97 Å². The Hall–Kier alpha value is -2.74. The molecule has 1 aromatic heterocycles. The second-order valence-electron chi connectivity index (χ2n) is 5.25. The monoisotopic (exact) mass is 420 g/mol. The standard InChI is InChI=1S/C18H12BrF3N4/c19-14-8-6-12(7-9-14)11-23-26-16-10-15(18(20,21)22)24-17(25-16)13-4-2-1-3-5-13/h1-11H,(H,24,25,26). The van der Waals surface area contributed by atoms with E-state index in [1.165, 1.54) is 6.21 Å². The molecule has 0 bridgehead atoms.